The summed E-state index contributed by atoms with van der Waals surface area (Å²) in [5.41, 5.74) is 0. The van der Waals surface area contributed by atoms with Gasteiger partial charge in [0.2, 0.25) is 0 Å². The molecule has 0 amide bonds. The zero-order valence-electron chi connectivity index (χ0n) is 14.7. The Hall–Kier alpha value is -0.830. The van der Waals surface area contributed by atoms with E-state index in [1.54, 1.807) is 6.92 Å². The second-order valence-corrected chi connectivity index (χ2v) is 5.98. The number of unbranched alkanes of at least 4 members (excludes halogenated alkanes) is 9. The molecule has 0 saturated heterocycles. The Bertz CT molecular complexity index is 274. The van der Waals surface area contributed by atoms with Crippen LogP contribution >= 0.6 is 0 Å². The Balaban J connectivity index is 3.23. The Morgan fingerprint density at radius 1 is 0.909 bits per heavy atom. The summed E-state index contributed by atoms with van der Waals surface area (Å²) in [4.78, 5) is 11.3. The molecule has 0 aromatic heterocycles. The maximum absolute atomic E-state index is 11.3. The van der Waals surface area contributed by atoms with Gasteiger partial charge in [0.1, 0.15) is 0 Å². The average Bonchev–Trinajstić information content (AvgIpc) is 2.51. The highest BCUT2D eigenvalue weighted by Crippen LogP contribution is 2.09. The number of esters is 1. The SMILES string of the molecule is CCCCCC/C=C\CCCCCCCC(=O)OC(O)CC. The highest BCUT2D eigenvalue weighted by atomic mass is 16.6. The Morgan fingerprint density at radius 2 is 1.45 bits per heavy atom. The van der Waals surface area contributed by atoms with Gasteiger partial charge < -0.3 is 9.84 Å². The number of allylic oxidation sites excluding steroid dienone is 2. The largest absolute Gasteiger partial charge is 0.436 e. The lowest BCUT2D eigenvalue weighted by atomic mass is 10.1. The minimum atomic E-state index is -0.929. The number of hydrogen-bond donors (Lipinski definition) is 1. The molecule has 1 N–H and O–H groups in total. The van der Waals surface area contributed by atoms with Crippen molar-refractivity contribution in [3.63, 3.8) is 0 Å². The summed E-state index contributed by atoms with van der Waals surface area (Å²) in [6.07, 6.45) is 17.9. The number of aliphatic hydroxyl groups excluding tert-OH is 1. The lowest BCUT2D eigenvalue weighted by Crippen LogP contribution is -2.16. The van der Waals surface area contributed by atoms with Crippen LogP contribution in [0.25, 0.3) is 0 Å². The topological polar surface area (TPSA) is 46.5 Å². The van der Waals surface area contributed by atoms with Crippen LogP contribution in [-0.2, 0) is 9.53 Å². The average molecular weight is 312 g/mol. The number of rotatable bonds is 15. The smallest absolute Gasteiger partial charge is 0.308 e. The minimum Gasteiger partial charge on any atom is -0.436 e. The summed E-state index contributed by atoms with van der Waals surface area (Å²) in [5.74, 6) is -0.277. The first kappa shape index (κ1) is 21.2. The maximum atomic E-state index is 11.3. The normalized spacial score (nSPS) is 12.7. The lowest BCUT2D eigenvalue weighted by Gasteiger charge is -2.09. The van der Waals surface area contributed by atoms with E-state index in [1.165, 1.54) is 57.8 Å². The molecule has 0 radical (unpaired) electrons. The fraction of sp³-hybridized carbons (Fsp3) is 0.842. The van der Waals surface area contributed by atoms with Crippen molar-refractivity contribution in [2.24, 2.45) is 0 Å². The Morgan fingerprint density at radius 3 is 2.05 bits per heavy atom. The van der Waals surface area contributed by atoms with Crippen molar-refractivity contribution in [2.75, 3.05) is 0 Å². The highest BCUT2D eigenvalue weighted by molar-refractivity contribution is 5.69. The van der Waals surface area contributed by atoms with Crippen molar-refractivity contribution < 1.29 is 14.6 Å². The monoisotopic (exact) mass is 312 g/mol. The van der Waals surface area contributed by atoms with Gasteiger partial charge in [-0.3, -0.25) is 4.79 Å². The van der Waals surface area contributed by atoms with Crippen LogP contribution in [0.4, 0.5) is 0 Å². The van der Waals surface area contributed by atoms with Crippen molar-refractivity contribution in [3.05, 3.63) is 12.2 Å². The van der Waals surface area contributed by atoms with E-state index >= 15 is 0 Å². The van der Waals surface area contributed by atoms with Crippen LogP contribution in [0.3, 0.4) is 0 Å². The summed E-state index contributed by atoms with van der Waals surface area (Å²) in [6, 6.07) is 0. The predicted molar refractivity (Wildman–Crippen MR) is 92.6 cm³/mol. The first-order chi connectivity index (χ1) is 10.7. The van der Waals surface area contributed by atoms with E-state index in [-0.39, 0.29) is 5.97 Å². The summed E-state index contributed by atoms with van der Waals surface area (Å²) in [6.45, 7) is 4.03. The van der Waals surface area contributed by atoms with Gasteiger partial charge in [-0.15, -0.1) is 0 Å². The summed E-state index contributed by atoms with van der Waals surface area (Å²) in [7, 11) is 0. The number of hydrogen-bond acceptors (Lipinski definition) is 3. The van der Waals surface area contributed by atoms with Gasteiger partial charge in [0, 0.05) is 12.8 Å². The second kappa shape index (κ2) is 16.5. The standard InChI is InChI=1S/C19H36O3/c1-3-5-6-7-8-9-10-11-12-13-14-15-16-17-19(21)22-18(20)4-2/h9-10,18,20H,3-8,11-17H2,1-2H3/b10-9-. The molecular weight excluding hydrogens is 276 g/mol. The third-order valence-corrected chi connectivity index (χ3v) is 3.76. The third-order valence-electron chi connectivity index (χ3n) is 3.76. The van der Waals surface area contributed by atoms with Gasteiger partial charge in [0.15, 0.2) is 6.29 Å². The fourth-order valence-electron chi connectivity index (χ4n) is 2.28. The molecule has 3 heteroatoms. The molecule has 0 bridgehead atoms. The first-order valence-corrected chi connectivity index (χ1v) is 9.23. The van der Waals surface area contributed by atoms with Crippen LogP contribution in [-0.4, -0.2) is 17.4 Å². The van der Waals surface area contributed by atoms with Crippen LogP contribution in [0.15, 0.2) is 12.2 Å². The van der Waals surface area contributed by atoms with Crippen LogP contribution in [0.1, 0.15) is 97.3 Å². The minimum absolute atomic E-state index is 0.277. The first-order valence-electron chi connectivity index (χ1n) is 9.23. The molecule has 1 unspecified atom stereocenters. The second-order valence-electron chi connectivity index (χ2n) is 5.98. The van der Waals surface area contributed by atoms with Gasteiger partial charge in [-0.2, -0.15) is 0 Å². The Kier molecular flexibility index (Phi) is 15.9. The van der Waals surface area contributed by atoms with Crippen molar-refractivity contribution in [2.45, 2.75) is 104 Å². The number of carbonyl (C=O) groups excluding carboxylic acids is 1. The van der Waals surface area contributed by atoms with Gasteiger partial charge >= 0.3 is 5.97 Å². The molecule has 0 heterocycles. The Labute approximate surface area is 137 Å². The van der Waals surface area contributed by atoms with Crippen molar-refractivity contribution in [1.29, 1.82) is 0 Å². The molecule has 0 spiro atoms. The highest BCUT2D eigenvalue weighted by Gasteiger charge is 2.07. The van der Waals surface area contributed by atoms with E-state index in [1.807, 2.05) is 0 Å². The van der Waals surface area contributed by atoms with Gasteiger partial charge in [0.05, 0.1) is 0 Å². The maximum Gasteiger partial charge on any atom is 0.308 e. The van der Waals surface area contributed by atoms with E-state index in [9.17, 15) is 9.90 Å². The molecule has 0 saturated carbocycles. The van der Waals surface area contributed by atoms with Gasteiger partial charge in [0.25, 0.3) is 0 Å². The molecule has 3 nitrogen and oxygen atoms in total. The van der Waals surface area contributed by atoms with E-state index in [4.69, 9.17) is 4.74 Å². The molecule has 0 aliphatic heterocycles. The number of ether oxygens (including phenoxy) is 1. The van der Waals surface area contributed by atoms with Gasteiger partial charge in [-0.1, -0.05) is 64.5 Å². The van der Waals surface area contributed by atoms with Crippen molar-refractivity contribution >= 4 is 5.97 Å². The van der Waals surface area contributed by atoms with E-state index in [2.05, 4.69) is 19.1 Å². The van der Waals surface area contributed by atoms with Crippen molar-refractivity contribution in [1.82, 2.24) is 0 Å². The zero-order chi connectivity index (χ0) is 16.5. The molecule has 130 valence electrons. The molecule has 1 atom stereocenters. The summed E-state index contributed by atoms with van der Waals surface area (Å²) >= 11 is 0. The zero-order valence-corrected chi connectivity index (χ0v) is 14.7. The number of carbonyl (C=O) groups is 1. The van der Waals surface area contributed by atoms with E-state index in [0.29, 0.717) is 12.8 Å². The molecule has 0 aliphatic carbocycles. The fourth-order valence-corrected chi connectivity index (χ4v) is 2.28. The summed E-state index contributed by atoms with van der Waals surface area (Å²) in [5, 5.41) is 9.18. The quantitative estimate of drug-likeness (QED) is 0.187. The molecular formula is C19H36O3. The molecule has 0 rings (SSSR count). The van der Waals surface area contributed by atoms with Gasteiger partial charge in [-0.25, -0.2) is 0 Å². The van der Waals surface area contributed by atoms with Crippen LogP contribution in [0.2, 0.25) is 0 Å². The van der Waals surface area contributed by atoms with E-state index in [0.717, 1.165) is 12.8 Å². The number of aliphatic hydroxyl groups is 1. The molecule has 0 aromatic carbocycles. The van der Waals surface area contributed by atoms with Crippen LogP contribution in [0.5, 0.6) is 0 Å². The molecule has 0 aromatic rings. The lowest BCUT2D eigenvalue weighted by molar-refractivity contribution is -0.168. The third kappa shape index (κ3) is 15.6. The molecule has 22 heavy (non-hydrogen) atoms. The molecule has 0 aliphatic rings. The van der Waals surface area contributed by atoms with Crippen LogP contribution < -0.4 is 0 Å². The van der Waals surface area contributed by atoms with Gasteiger partial charge in [-0.05, 0) is 32.1 Å². The summed E-state index contributed by atoms with van der Waals surface area (Å²) < 4.78 is 4.81. The van der Waals surface area contributed by atoms with Crippen molar-refractivity contribution in [3.8, 4) is 0 Å². The van der Waals surface area contributed by atoms with Crippen LogP contribution in [0, 0.1) is 0 Å². The predicted octanol–water partition coefficient (Wildman–Crippen LogP) is 5.52. The van der Waals surface area contributed by atoms with E-state index < -0.39 is 6.29 Å². The molecule has 0 fully saturated rings.